The largest absolute Gasteiger partial charge is 0.489 e. The average molecular weight is 356 g/mol. The summed E-state index contributed by atoms with van der Waals surface area (Å²) >= 11 is 3.14. The van der Waals surface area contributed by atoms with Gasteiger partial charge in [0.2, 0.25) is 0 Å². The minimum absolute atomic E-state index is 0.0206. The fourth-order valence-corrected chi connectivity index (χ4v) is 2.08. The Morgan fingerprint density at radius 1 is 1.29 bits per heavy atom. The average Bonchev–Trinajstić information content (AvgIpc) is 2.84. The highest BCUT2D eigenvalue weighted by Gasteiger charge is 2.13. The second kappa shape index (κ2) is 6.62. The number of benzene rings is 1. The van der Waals surface area contributed by atoms with Crippen molar-refractivity contribution in [3.05, 3.63) is 52.1 Å². The Kier molecular flexibility index (Phi) is 5.06. The summed E-state index contributed by atoms with van der Waals surface area (Å²) < 4.78 is 24.7. The van der Waals surface area contributed by atoms with Crippen LogP contribution in [0.5, 0.6) is 5.75 Å². The predicted octanol–water partition coefficient (Wildman–Crippen LogP) is 4.65. The van der Waals surface area contributed by atoms with Crippen molar-refractivity contribution in [1.82, 2.24) is 5.32 Å². The molecule has 0 amide bonds. The third kappa shape index (κ3) is 4.86. The van der Waals surface area contributed by atoms with E-state index >= 15 is 0 Å². The summed E-state index contributed by atoms with van der Waals surface area (Å²) in [6.07, 6.45) is 1.65. The molecule has 1 aromatic carbocycles. The first-order valence-electron chi connectivity index (χ1n) is 6.73. The molecule has 0 atom stereocenters. The van der Waals surface area contributed by atoms with Gasteiger partial charge in [0.25, 0.3) is 0 Å². The highest BCUT2D eigenvalue weighted by molar-refractivity contribution is 9.10. The van der Waals surface area contributed by atoms with Crippen molar-refractivity contribution in [2.45, 2.75) is 39.5 Å². The number of ether oxygens (including phenoxy) is 1. The van der Waals surface area contributed by atoms with Crippen LogP contribution in [0.1, 0.15) is 32.1 Å². The maximum atomic E-state index is 13.2. The summed E-state index contributed by atoms with van der Waals surface area (Å²) in [5, 5.41) is 3.37. The number of hydrogen-bond acceptors (Lipinski definition) is 3. The monoisotopic (exact) mass is 355 g/mol. The molecule has 1 N–H and O–H groups in total. The molecule has 2 rings (SSSR count). The molecule has 0 radical (unpaired) electrons. The number of nitrogens with one attached hydrogen (secondary N) is 1. The van der Waals surface area contributed by atoms with E-state index in [1.54, 1.807) is 18.4 Å². The quantitative estimate of drug-likeness (QED) is 0.847. The summed E-state index contributed by atoms with van der Waals surface area (Å²) in [6, 6.07) is 6.48. The number of halogens is 2. The van der Waals surface area contributed by atoms with Gasteiger partial charge in [-0.2, -0.15) is 0 Å². The van der Waals surface area contributed by atoms with Gasteiger partial charge in [0.1, 0.15) is 23.9 Å². The minimum Gasteiger partial charge on any atom is -0.489 e. The van der Waals surface area contributed by atoms with E-state index in [2.05, 4.69) is 42.0 Å². The first-order valence-corrected chi connectivity index (χ1v) is 7.52. The normalized spacial score (nSPS) is 11.7. The fourth-order valence-electron chi connectivity index (χ4n) is 1.72. The maximum Gasteiger partial charge on any atom is 0.137 e. The lowest BCUT2D eigenvalue weighted by Gasteiger charge is -2.20. The van der Waals surface area contributed by atoms with Gasteiger partial charge in [-0.3, -0.25) is 0 Å². The van der Waals surface area contributed by atoms with E-state index in [1.807, 2.05) is 6.07 Å². The van der Waals surface area contributed by atoms with Gasteiger partial charge in [-0.15, -0.1) is 0 Å². The standard InChI is InChI=1S/C16H19BrFNO2/c1-16(2,3)19-9-15-11(6-7-20-15)10-21-12-4-5-14(18)13(17)8-12/h4-8,19H,9-10H2,1-3H3. The molecule has 1 aromatic heterocycles. The van der Waals surface area contributed by atoms with E-state index in [-0.39, 0.29) is 11.4 Å². The molecule has 5 heteroatoms. The first-order chi connectivity index (χ1) is 9.85. The van der Waals surface area contributed by atoms with E-state index in [1.165, 1.54) is 6.07 Å². The Balaban J connectivity index is 1.97. The van der Waals surface area contributed by atoms with Gasteiger partial charge in [0.15, 0.2) is 0 Å². The zero-order valence-electron chi connectivity index (χ0n) is 12.4. The van der Waals surface area contributed by atoms with Crippen LogP contribution >= 0.6 is 15.9 Å². The Bertz CT molecular complexity index is 605. The van der Waals surface area contributed by atoms with Crippen molar-refractivity contribution in [2.24, 2.45) is 0 Å². The van der Waals surface area contributed by atoms with Gasteiger partial charge < -0.3 is 14.5 Å². The summed E-state index contributed by atoms with van der Waals surface area (Å²) in [5.74, 6) is 1.16. The van der Waals surface area contributed by atoms with E-state index in [0.717, 1.165) is 11.3 Å². The van der Waals surface area contributed by atoms with Gasteiger partial charge in [-0.25, -0.2) is 4.39 Å². The predicted molar refractivity (Wildman–Crippen MR) is 83.7 cm³/mol. The Morgan fingerprint density at radius 2 is 2.05 bits per heavy atom. The molecule has 0 fully saturated rings. The molecule has 0 bridgehead atoms. The van der Waals surface area contributed by atoms with Crippen LogP contribution in [-0.4, -0.2) is 5.54 Å². The molecular formula is C16H19BrFNO2. The Morgan fingerprint density at radius 3 is 2.71 bits per heavy atom. The van der Waals surface area contributed by atoms with E-state index in [4.69, 9.17) is 9.15 Å². The van der Waals surface area contributed by atoms with Crippen LogP contribution in [0.3, 0.4) is 0 Å². The Hall–Kier alpha value is -1.33. The maximum absolute atomic E-state index is 13.2. The Labute approximate surface area is 132 Å². The van der Waals surface area contributed by atoms with Crippen LogP contribution in [-0.2, 0) is 13.2 Å². The second-order valence-corrected chi connectivity index (χ2v) is 6.69. The van der Waals surface area contributed by atoms with Gasteiger partial charge >= 0.3 is 0 Å². The van der Waals surface area contributed by atoms with Crippen molar-refractivity contribution in [3.8, 4) is 5.75 Å². The lowest BCUT2D eigenvalue weighted by molar-refractivity contribution is 0.298. The van der Waals surface area contributed by atoms with Gasteiger partial charge in [-0.1, -0.05) is 0 Å². The minimum atomic E-state index is -0.305. The van der Waals surface area contributed by atoms with E-state index < -0.39 is 0 Å². The van der Waals surface area contributed by atoms with Crippen molar-refractivity contribution in [1.29, 1.82) is 0 Å². The molecule has 0 saturated carbocycles. The van der Waals surface area contributed by atoms with E-state index in [0.29, 0.717) is 23.4 Å². The third-order valence-electron chi connectivity index (χ3n) is 2.90. The molecule has 2 aromatic rings. The molecule has 3 nitrogen and oxygen atoms in total. The van der Waals surface area contributed by atoms with Crippen molar-refractivity contribution in [3.63, 3.8) is 0 Å². The summed E-state index contributed by atoms with van der Waals surface area (Å²) in [5.41, 5.74) is 0.999. The van der Waals surface area contributed by atoms with Crippen LogP contribution in [0.4, 0.5) is 4.39 Å². The summed E-state index contributed by atoms with van der Waals surface area (Å²) in [6.45, 7) is 7.32. The van der Waals surface area contributed by atoms with Crippen molar-refractivity contribution < 1.29 is 13.5 Å². The van der Waals surface area contributed by atoms with Crippen LogP contribution in [0.25, 0.3) is 0 Å². The molecule has 1 heterocycles. The van der Waals surface area contributed by atoms with Crippen molar-refractivity contribution >= 4 is 15.9 Å². The van der Waals surface area contributed by atoms with Crippen LogP contribution < -0.4 is 10.1 Å². The summed E-state index contributed by atoms with van der Waals surface area (Å²) in [4.78, 5) is 0. The second-order valence-electron chi connectivity index (χ2n) is 5.84. The molecule has 114 valence electrons. The zero-order valence-corrected chi connectivity index (χ0v) is 14.0. The van der Waals surface area contributed by atoms with Crippen LogP contribution in [0, 0.1) is 5.82 Å². The lowest BCUT2D eigenvalue weighted by Crippen LogP contribution is -2.35. The van der Waals surface area contributed by atoms with Crippen LogP contribution in [0.2, 0.25) is 0 Å². The van der Waals surface area contributed by atoms with Gasteiger partial charge in [0, 0.05) is 11.1 Å². The fraction of sp³-hybridized carbons (Fsp3) is 0.375. The summed E-state index contributed by atoms with van der Waals surface area (Å²) in [7, 11) is 0. The smallest absolute Gasteiger partial charge is 0.137 e. The molecule has 0 saturated heterocycles. The molecule has 0 spiro atoms. The molecule has 0 aliphatic rings. The topological polar surface area (TPSA) is 34.4 Å². The van der Waals surface area contributed by atoms with Crippen LogP contribution in [0.15, 0.2) is 39.4 Å². The SMILES string of the molecule is CC(C)(C)NCc1occc1COc1ccc(F)c(Br)c1. The molecule has 21 heavy (non-hydrogen) atoms. The number of hydrogen-bond donors (Lipinski definition) is 1. The van der Waals surface area contributed by atoms with Gasteiger partial charge in [-0.05, 0) is 61.0 Å². The third-order valence-corrected chi connectivity index (χ3v) is 3.51. The van der Waals surface area contributed by atoms with Gasteiger partial charge in [0.05, 0.1) is 17.3 Å². The first kappa shape index (κ1) is 16.0. The molecular weight excluding hydrogens is 337 g/mol. The van der Waals surface area contributed by atoms with Crippen molar-refractivity contribution in [2.75, 3.05) is 0 Å². The molecule has 0 unspecified atom stereocenters. The molecule has 0 aliphatic carbocycles. The highest BCUT2D eigenvalue weighted by Crippen LogP contribution is 2.23. The zero-order chi connectivity index (χ0) is 15.5. The molecule has 0 aliphatic heterocycles. The highest BCUT2D eigenvalue weighted by atomic mass is 79.9. The number of rotatable bonds is 5. The number of furan rings is 1. The van der Waals surface area contributed by atoms with E-state index in [9.17, 15) is 4.39 Å². The lowest BCUT2D eigenvalue weighted by atomic mass is 10.1.